The first-order valence-corrected chi connectivity index (χ1v) is 11.3. The second-order valence-corrected chi connectivity index (χ2v) is 10.6. The van der Waals surface area contributed by atoms with Crippen LogP contribution >= 0.6 is 22.9 Å². The van der Waals surface area contributed by atoms with Gasteiger partial charge in [0.05, 0.1) is 9.21 Å². The molecule has 160 valence electrons. The number of rotatable bonds is 8. The maximum atomic E-state index is 13.0. The highest BCUT2D eigenvalue weighted by Crippen LogP contribution is 2.30. The molecule has 7 heteroatoms. The summed E-state index contributed by atoms with van der Waals surface area (Å²) in [5, 5.41) is 4.50. The fraction of sp³-hybridized carbons (Fsp3) is 0.435. The molecule has 1 aromatic carbocycles. The van der Waals surface area contributed by atoms with Crippen LogP contribution in [-0.4, -0.2) is 20.1 Å². The molecule has 0 N–H and O–H groups in total. The lowest BCUT2D eigenvalue weighted by molar-refractivity contribution is -0.120. The van der Waals surface area contributed by atoms with Crippen LogP contribution in [0.25, 0.3) is 10.7 Å². The molecule has 0 saturated carbocycles. The van der Waals surface area contributed by atoms with Gasteiger partial charge in [0.25, 0.3) is 0 Å². The zero-order valence-corrected chi connectivity index (χ0v) is 19.7. The molecule has 5 nitrogen and oxygen atoms in total. The number of hydrogen-bond acceptors (Lipinski definition) is 4. The van der Waals surface area contributed by atoms with Gasteiger partial charge in [-0.2, -0.15) is 0 Å². The lowest BCUT2D eigenvalue weighted by Crippen LogP contribution is -2.31. The van der Waals surface area contributed by atoms with Crippen molar-refractivity contribution < 1.29 is 4.79 Å². The molecule has 3 aromatic rings. The van der Waals surface area contributed by atoms with Gasteiger partial charge in [0, 0.05) is 13.0 Å². The lowest BCUT2D eigenvalue weighted by Gasteiger charge is -2.24. The van der Waals surface area contributed by atoms with Gasteiger partial charge in [0.15, 0.2) is 11.6 Å². The Morgan fingerprint density at radius 2 is 1.97 bits per heavy atom. The van der Waals surface area contributed by atoms with Crippen LogP contribution < -0.4 is 5.69 Å². The normalized spacial score (nSPS) is 12.0. The monoisotopic (exact) mass is 445 g/mol. The van der Waals surface area contributed by atoms with Gasteiger partial charge in [-0.05, 0) is 36.0 Å². The van der Waals surface area contributed by atoms with E-state index in [1.54, 1.807) is 10.6 Å². The summed E-state index contributed by atoms with van der Waals surface area (Å²) in [6.45, 7) is 10.7. The number of ketones is 1. The van der Waals surface area contributed by atoms with E-state index in [4.69, 9.17) is 11.6 Å². The summed E-state index contributed by atoms with van der Waals surface area (Å²) in [5.74, 6) is 0.815. The number of carbonyl (C=O) groups is 1. The molecule has 3 rings (SSSR count). The van der Waals surface area contributed by atoms with E-state index in [2.05, 4.69) is 25.0 Å². The molecular formula is C23H28ClN3O2S. The number of aryl methyl sites for hydroxylation is 1. The summed E-state index contributed by atoms with van der Waals surface area (Å²) < 4.78 is 3.57. The first-order valence-electron chi connectivity index (χ1n) is 10.1. The molecule has 0 saturated heterocycles. The SMILES string of the molecule is Cc1cccc(C(C)(C)CC(=O)Cn2nc(-c3ccc(Cl)s3)n(CC(C)C)c2=O)c1. The Morgan fingerprint density at radius 1 is 1.23 bits per heavy atom. The Hall–Kier alpha value is -2.18. The van der Waals surface area contributed by atoms with Gasteiger partial charge in [-0.1, -0.05) is 69.1 Å². The molecule has 0 aliphatic rings. The fourth-order valence-corrected chi connectivity index (χ4v) is 4.61. The van der Waals surface area contributed by atoms with E-state index in [0.29, 0.717) is 23.1 Å². The van der Waals surface area contributed by atoms with E-state index in [9.17, 15) is 9.59 Å². The molecule has 0 aliphatic heterocycles. The summed E-state index contributed by atoms with van der Waals surface area (Å²) >= 11 is 7.46. The van der Waals surface area contributed by atoms with E-state index in [-0.39, 0.29) is 29.4 Å². The van der Waals surface area contributed by atoms with Gasteiger partial charge in [0.1, 0.15) is 6.54 Å². The largest absolute Gasteiger partial charge is 0.346 e. The van der Waals surface area contributed by atoms with Crippen molar-refractivity contribution in [3.8, 4) is 10.7 Å². The van der Waals surface area contributed by atoms with Crippen molar-refractivity contribution in [1.82, 2.24) is 14.3 Å². The molecule has 0 atom stereocenters. The Labute approximate surface area is 186 Å². The predicted molar refractivity (Wildman–Crippen MR) is 123 cm³/mol. The van der Waals surface area contributed by atoms with Crippen LogP contribution in [0.1, 0.15) is 45.2 Å². The average molecular weight is 446 g/mol. The van der Waals surface area contributed by atoms with E-state index in [1.807, 2.05) is 45.0 Å². The van der Waals surface area contributed by atoms with Crippen LogP contribution in [0.15, 0.2) is 41.2 Å². The molecular weight excluding hydrogens is 418 g/mol. The number of nitrogens with zero attached hydrogens (tertiary/aromatic N) is 3. The van der Waals surface area contributed by atoms with Crippen molar-refractivity contribution in [3.05, 3.63) is 62.3 Å². The maximum absolute atomic E-state index is 13.0. The standard InChI is InChI=1S/C23H28ClN3O2S/c1-15(2)13-26-21(19-9-10-20(24)30-19)25-27(22(26)29)14-18(28)12-23(4,5)17-8-6-7-16(3)11-17/h6-11,15H,12-14H2,1-5H3. The van der Waals surface area contributed by atoms with Crippen LogP contribution in [0.3, 0.4) is 0 Å². The third-order valence-electron chi connectivity index (χ3n) is 5.03. The minimum absolute atomic E-state index is 0.0198. The average Bonchev–Trinajstić information content (AvgIpc) is 3.19. The van der Waals surface area contributed by atoms with Crippen LogP contribution in [0.2, 0.25) is 4.34 Å². The van der Waals surface area contributed by atoms with E-state index >= 15 is 0 Å². The summed E-state index contributed by atoms with van der Waals surface area (Å²) in [7, 11) is 0. The summed E-state index contributed by atoms with van der Waals surface area (Å²) in [6, 6.07) is 11.9. The number of aromatic nitrogens is 3. The molecule has 0 fully saturated rings. The van der Waals surface area contributed by atoms with Crippen molar-refractivity contribution in [3.63, 3.8) is 0 Å². The smallest absolute Gasteiger partial charge is 0.298 e. The Balaban J connectivity index is 1.86. The van der Waals surface area contributed by atoms with Crippen molar-refractivity contribution >= 4 is 28.7 Å². The van der Waals surface area contributed by atoms with E-state index in [0.717, 1.165) is 16.0 Å². The number of benzene rings is 1. The molecule has 0 bridgehead atoms. The van der Waals surface area contributed by atoms with Crippen molar-refractivity contribution in [2.24, 2.45) is 5.92 Å². The highest BCUT2D eigenvalue weighted by atomic mass is 35.5. The Kier molecular flexibility index (Phi) is 6.68. The zero-order valence-electron chi connectivity index (χ0n) is 18.1. The predicted octanol–water partition coefficient (Wildman–Crippen LogP) is 5.33. The summed E-state index contributed by atoms with van der Waals surface area (Å²) in [6.07, 6.45) is 0.333. The van der Waals surface area contributed by atoms with Gasteiger partial charge in [-0.3, -0.25) is 9.36 Å². The fourth-order valence-electron chi connectivity index (χ4n) is 3.57. The van der Waals surface area contributed by atoms with Crippen LogP contribution in [-0.2, 0) is 23.3 Å². The molecule has 0 unspecified atom stereocenters. The number of hydrogen-bond donors (Lipinski definition) is 0. The Morgan fingerprint density at radius 3 is 2.57 bits per heavy atom. The first kappa shape index (κ1) is 22.5. The molecule has 0 aliphatic carbocycles. The van der Waals surface area contributed by atoms with Crippen molar-refractivity contribution in [2.45, 2.75) is 59.5 Å². The molecule has 0 spiro atoms. The number of halogens is 1. The van der Waals surface area contributed by atoms with Crippen LogP contribution in [0.4, 0.5) is 0 Å². The molecule has 2 heterocycles. The minimum Gasteiger partial charge on any atom is -0.298 e. The van der Waals surface area contributed by atoms with Crippen molar-refractivity contribution in [1.29, 1.82) is 0 Å². The number of Topliss-reactive ketones (excluding diaryl/α,β-unsaturated/α-hetero) is 1. The molecule has 0 radical (unpaired) electrons. The maximum Gasteiger partial charge on any atom is 0.346 e. The van der Waals surface area contributed by atoms with Gasteiger partial charge < -0.3 is 0 Å². The van der Waals surface area contributed by atoms with Crippen molar-refractivity contribution in [2.75, 3.05) is 0 Å². The zero-order chi connectivity index (χ0) is 22.1. The number of thiophene rings is 1. The summed E-state index contributed by atoms with van der Waals surface area (Å²) in [4.78, 5) is 26.7. The van der Waals surface area contributed by atoms with E-state index in [1.165, 1.54) is 16.0 Å². The first-order chi connectivity index (χ1) is 14.1. The molecule has 30 heavy (non-hydrogen) atoms. The third kappa shape index (κ3) is 5.10. The summed E-state index contributed by atoms with van der Waals surface area (Å²) in [5.41, 5.74) is 1.69. The quantitative estimate of drug-likeness (QED) is 0.471. The van der Waals surface area contributed by atoms with Crippen LogP contribution in [0.5, 0.6) is 0 Å². The van der Waals surface area contributed by atoms with Gasteiger partial charge in [-0.25, -0.2) is 9.48 Å². The van der Waals surface area contributed by atoms with Gasteiger partial charge >= 0.3 is 5.69 Å². The molecule has 0 amide bonds. The lowest BCUT2D eigenvalue weighted by atomic mass is 9.79. The second-order valence-electron chi connectivity index (χ2n) is 8.84. The minimum atomic E-state index is -0.322. The van der Waals surface area contributed by atoms with Gasteiger partial charge in [0.2, 0.25) is 0 Å². The van der Waals surface area contributed by atoms with E-state index < -0.39 is 0 Å². The highest BCUT2D eigenvalue weighted by molar-refractivity contribution is 7.19. The Bertz CT molecular complexity index is 1110. The second kappa shape index (κ2) is 8.90. The number of carbonyl (C=O) groups excluding carboxylic acids is 1. The topological polar surface area (TPSA) is 56.9 Å². The van der Waals surface area contributed by atoms with Gasteiger partial charge in [-0.15, -0.1) is 16.4 Å². The molecule has 2 aromatic heterocycles. The highest BCUT2D eigenvalue weighted by Gasteiger charge is 2.26. The third-order valence-corrected chi connectivity index (χ3v) is 6.26. The van der Waals surface area contributed by atoms with Crippen LogP contribution in [0, 0.1) is 12.8 Å².